The van der Waals surface area contributed by atoms with Crippen LogP contribution in [0.2, 0.25) is 0 Å². The first-order valence-corrected chi connectivity index (χ1v) is 4.05. The molecule has 0 heterocycles. The monoisotopic (exact) mass is 253 g/mol. The number of nitrogens with zero attached hydrogens (tertiary/aromatic N) is 1. The molecule has 17 heavy (non-hydrogen) atoms. The molecule has 1 aromatic carbocycles. The molecule has 0 aliphatic heterocycles. The zero-order valence-electron chi connectivity index (χ0n) is 8.07. The number of rotatable bonds is 2. The molecule has 0 aliphatic rings. The maximum Gasteiger partial charge on any atom is 0.256 e. The van der Waals surface area contributed by atoms with Crippen molar-refractivity contribution >= 4 is 12.2 Å². The van der Waals surface area contributed by atoms with Crippen molar-refractivity contribution in [1.29, 1.82) is 0 Å². The lowest BCUT2D eigenvalue weighted by Crippen LogP contribution is -2.64. The van der Waals surface area contributed by atoms with Gasteiger partial charge in [-0.3, -0.25) is 0 Å². The van der Waals surface area contributed by atoms with Gasteiger partial charge in [0.05, 0.1) is 0 Å². The summed E-state index contributed by atoms with van der Waals surface area (Å²) in [7, 11) is 0. The fourth-order valence-electron chi connectivity index (χ4n) is 0.920. The predicted octanol–water partition coefficient (Wildman–Crippen LogP) is -0.930. The largest absolute Gasteiger partial charge is 0.365 e. The molecule has 0 amide bonds. The molecule has 0 bridgehead atoms. The Morgan fingerprint density at radius 3 is 1.71 bits per heavy atom. The highest BCUT2D eigenvalue weighted by Gasteiger charge is 2.26. The van der Waals surface area contributed by atoms with Gasteiger partial charge < -0.3 is 11.5 Å². The maximum absolute atomic E-state index is 13.0. The van der Waals surface area contributed by atoms with Crippen molar-refractivity contribution in [3.63, 3.8) is 0 Å². The SMILES string of the molecule is NC(N)=N/[NH+]=C\c1c(F)c(F)c(F)c(F)c1F. The Bertz CT molecular complexity index is 478. The standard InChI is InChI=1S/C8H5F5N4/c9-3-2(1-16-17-8(14)15)4(10)6(12)7(13)5(3)11/h1H,(H4,14,15,17)/p+1/b16-1-. The van der Waals surface area contributed by atoms with E-state index in [1.165, 1.54) is 0 Å². The van der Waals surface area contributed by atoms with Gasteiger partial charge in [-0.2, -0.15) is 0 Å². The molecule has 0 saturated carbocycles. The molecule has 92 valence electrons. The second kappa shape index (κ2) is 4.76. The van der Waals surface area contributed by atoms with Gasteiger partial charge >= 0.3 is 0 Å². The first-order chi connectivity index (χ1) is 7.86. The number of nitrogens with one attached hydrogen (secondary N) is 1. The summed E-state index contributed by atoms with van der Waals surface area (Å²) in [6.07, 6.45) is 0.440. The van der Waals surface area contributed by atoms with Gasteiger partial charge in [0, 0.05) is 5.10 Å². The normalized spacial score (nSPS) is 10.9. The third-order valence-corrected chi connectivity index (χ3v) is 1.65. The van der Waals surface area contributed by atoms with Crippen molar-refractivity contribution in [2.24, 2.45) is 16.6 Å². The maximum atomic E-state index is 13.0. The van der Waals surface area contributed by atoms with Crippen molar-refractivity contribution in [1.82, 2.24) is 0 Å². The van der Waals surface area contributed by atoms with E-state index in [1.54, 1.807) is 0 Å². The molecule has 0 saturated heterocycles. The van der Waals surface area contributed by atoms with Gasteiger partial charge in [0.15, 0.2) is 23.3 Å². The summed E-state index contributed by atoms with van der Waals surface area (Å²) in [6.45, 7) is 0. The van der Waals surface area contributed by atoms with Crippen LogP contribution in [-0.2, 0) is 0 Å². The quantitative estimate of drug-likeness (QED) is 0.159. The summed E-state index contributed by atoms with van der Waals surface area (Å²) in [5.74, 6) is -10.8. The second-order valence-corrected chi connectivity index (χ2v) is 2.79. The minimum Gasteiger partial charge on any atom is -0.365 e. The molecule has 0 aromatic heterocycles. The lowest BCUT2D eigenvalue weighted by Gasteiger charge is -2.01. The smallest absolute Gasteiger partial charge is 0.256 e. The number of hydrogen-bond acceptors (Lipinski definition) is 1. The van der Waals surface area contributed by atoms with E-state index in [9.17, 15) is 22.0 Å². The molecule has 0 fully saturated rings. The van der Waals surface area contributed by atoms with Gasteiger partial charge in [0.25, 0.3) is 5.96 Å². The third-order valence-electron chi connectivity index (χ3n) is 1.65. The number of hydrazone groups is 1. The van der Waals surface area contributed by atoms with Gasteiger partial charge in [0.2, 0.25) is 12.0 Å². The minimum absolute atomic E-state index is 0.440. The number of guanidine groups is 1. The van der Waals surface area contributed by atoms with Crippen LogP contribution in [0.4, 0.5) is 22.0 Å². The van der Waals surface area contributed by atoms with Gasteiger partial charge in [-0.25, -0.2) is 22.0 Å². The van der Waals surface area contributed by atoms with Crippen LogP contribution in [-0.4, -0.2) is 12.2 Å². The second-order valence-electron chi connectivity index (χ2n) is 2.79. The lowest BCUT2D eigenvalue weighted by molar-refractivity contribution is -0.456. The average molecular weight is 253 g/mol. The van der Waals surface area contributed by atoms with Gasteiger partial charge in [0.1, 0.15) is 5.56 Å². The van der Waals surface area contributed by atoms with Gasteiger partial charge in [-0.05, 0) is 0 Å². The highest BCUT2D eigenvalue weighted by molar-refractivity contribution is 5.77. The zero-order chi connectivity index (χ0) is 13.2. The summed E-state index contributed by atoms with van der Waals surface area (Å²) < 4.78 is 64.1. The van der Waals surface area contributed by atoms with E-state index in [0.29, 0.717) is 6.21 Å². The number of benzene rings is 1. The summed E-state index contributed by atoms with van der Waals surface area (Å²) >= 11 is 0. The first kappa shape index (κ1) is 12.9. The summed E-state index contributed by atoms with van der Waals surface area (Å²) in [5.41, 5.74) is 8.56. The van der Waals surface area contributed by atoms with Gasteiger partial charge in [-0.15, -0.1) is 5.10 Å². The van der Waals surface area contributed by atoms with E-state index in [-0.39, 0.29) is 0 Å². The predicted molar refractivity (Wildman–Crippen MR) is 48.2 cm³/mol. The minimum atomic E-state index is -2.24. The summed E-state index contributed by atoms with van der Waals surface area (Å²) in [4.78, 5) is 0. The first-order valence-electron chi connectivity index (χ1n) is 4.05. The Balaban J connectivity index is 3.35. The van der Waals surface area contributed by atoms with E-state index >= 15 is 0 Å². The van der Waals surface area contributed by atoms with Crippen LogP contribution in [0.25, 0.3) is 0 Å². The molecular weight excluding hydrogens is 247 g/mol. The van der Waals surface area contributed by atoms with Crippen LogP contribution in [0.3, 0.4) is 0 Å². The van der Waals surface area contributed by atoms with E-state index in [0.717, 1.165) is 0 Å². The molecule has 0 spiro atoms. The van der Waals surface area contributed by atoms with Crippen LogP contribution in [0.15, 0.2) is 5.10 Å². The van der Waals surface area contributed by atoms with E-state index < -0.39 is 40.6 Å². The molecular formula is C8H6F5N4+. The van der Waals surface area contributed by atoms with E-state index in [4.69, 9.17) is 11.5 Å². The van der Waals surface area contributed by atoms with Crippen LogP contribution >= 0.6 is 0 Å². The Morgan fingerprint density at radius 1 is 0.882 bits per heavy atom. The highest BCUT2D eigenvalue weighted by atomic mass is 19.2. The van der Waals surface area contributed by atoms with E-state index in [1.807, 2.05) is 5.10 Å². The molecule has 9 heteroatoms. The van der Waals surface area contributed by atoms with Crippen molar-refractivity contribution in [3.8, 4) is 0 Å². The highest BCUT2D eigenvalue weighted by Crippen LogP contribution is 2.20. The van der Waals surface area contributed by atoms with Crippen LogP contribution in [0.1, 0.15) is 5.56 Å². The fraction of sp³-hybridized carbons (Fsp3) is 0. The Hall–Kier alpha value is -2.19. The van der Waals surface area contributed by atoms with Crippen molar-refractivity contribution in [2.45, 2.75) is 0 Å². The molecule has 5 N–H and O–H groups in total. The fourth-order valence-corrected chi connectivity index (χ4v) is 0.920. The molecule has 0 aliphatic carbocycles. The van der Waals surface area contributed by atoms with E-state index in [2.05, 4.69) is 5.10 Å². The molecule has 1 rings (SSSR count). The molecule has 0 unspecified atom stereocenters. The summed E-state index contributed by atoms with van der Waals surface area (Å²) in [5, 5.41) is 4.91. The topological polar surface area (TPSA) is 78.4 Å². The summed E-state index contributed by atoms with van der Waals surface area (Å²) in [6, 6.07) is 0. The Labute approximate surface area is 91.4 Å². The molecule has 0 atom stereocenters. The van der Waals surface area contributed by atoms with Crippen LogP contribution in [0, 0.1) is 29.1 Å². The van der Waals surface area contributed by atoms with Crippen molar-refractivity contribution < 1.29 is 27.1 Å². The Kier molecular flexibility index (Phi) is 3.61. The zero-order valence-corrected chi connectivity index (χ0v) is 8.07. The lowest BCUT2D eigenvalue weighted by atomic mass is 10.2. The third kappa shape index (κ3) is 2.49. The molecule has 1 aromatic rings. The number of hydrogen-bond donors (Lipinski definition) is 3. The Morgan fingerprint density at radius 2 is 1.29 bits per heavy atom. The average Bonchev–Trinajstić information content (AvgIpc) is 2.28. The molecule has 0 radical (unpaired) electrons. The molecule has 4 nitrogen and oxygen atoms in total. The number of nitrogens with two attached hydrogens (primary N) is 2. The van der Waals surface area contributed by atoms with Crippen molar-refractivity contribution in [2.75, 3.05) is 0 Å². The van der Waals surface area contributed by atoms with Crippen LogP contribution in [0.5, 0.6) is 0 Å². The number of halogens is 5. The van der Waals surface area contributed by atoms with Gasteiger partial charge in [-0.1, -0.05) is 0 Å². The van der Waals surface area contributed by atoms with Crippen LogP contribution < -0.4 is 16.6 Å². The van der Waals surface area contributed by atoms with Crippen molar-refractivity contribution in [3.05, 3.63) is 34.6 Å².